The molecule has 0 amide bonds. The smallest absolute Gasteiger partial charge is 0.00205 e. The Balaban J connectivity index is 1.78. The Morgan fingerprint density at radius 2 is 1.60 bits per heavy atom. The minimum absolute atomic E-state index is 0.556. The minimum atomic E-state index is 0.556. The largest absolute Gasteiger partial charge is 0.330 e. The van der Waals surface area contributed by atoms with E-state index in [4.69, 9.17) is 5.73 Å². The van der Waals surface area contributed by atoms with Crippen LogP contribution >= 0.6 is 0 Å². The molecule has 0 bridgehead atoms. The van der Waals surface area contributed by atoms with Gasteiger partial charge in [0.25, 0.3) is 0 Å². The first-order valence-corrected chi connectivity index (χ1v) is 7.05. The first-order chi connectivity index (χ1) is 7.35. The van der Waals surface area contributed by atoms with E-state index in [9.17, 15) is 0 Å². The van der Waals surface area contributed by atoms with E-state index in [0.29, 0.717) is 5.41 Å². The van der Waals surface area contributed by atoms with Gasteiger partial charge in [-0.25, -0.2) is 0 Å². The van der Waals surface area contributed by atoms with Gasteiger partial charge < -0.3 is 5.73 Å². The standard InChI is InChI=1S/C14H27N/c15-12-14(9-4-1-5-10-14)11-8-13-6-2-3-7-13/h13H,1-12,15H2. The van der Waals surface area contributed by atoms with Crippen molar-refractivity contribution in [2.75, 3.05) is 6.54 Å². The maximum atomic E-state index is 6.02. The van der Waals surface area contributed by atoms with Gasteiger partial charge in [-0.15, -0.1) is 0 Å². The quantitative estimate of drug-likeness (QED) is 0.747. The molecule has 0 heterocycles. The summed E-state index contributed by atoms with van der Waals surface area (Å²) in [5.41, 5.74) is 6.58. The van der Waals surface area contributed by atoms with Crippen molar-refractivity contribution in [1.29, 1.82) is 0 Å². The van der Waals surface area contributed by atoms with E-state index in [1.54, 1.807) is 0 Å². The van der Waals surface area contributed by atoms with Gasteiger partial charge in [0.05, 0.1) is 0 Å². The van der Waals surface area contributed by atoms with Crippen LogP contribution in [0.1, 0.15) is 70.6 Å². The first-order valence-electron chi connectivity index (χ1n) is 7.05. The molecule has 2 saturated carbocycles. The maximum Gasteiger partial charge on any atom is -0.00205 e. The number of hydrogen-bond donors (Lipinski definition) is 1. The average molecular weight is 209 g/mol. The predicted octanol–water partition coefficient (Wildman–Crippen LogP) is 3.87. The molecule has 2 N–H and O–H groups in total. The molecule has 0 aromatic carbocycles. The highest BCUT2D eigenvalue weighted by Gasteiger charge is 2.31. The topological polar surface area (TPSA) is 26.0 Å². The van der Waals surface area contributed by atoms with E-state index >= 15 is 0 Å². The van der Waals surface area contributed by atoms with Crippen molar-refractivity contribution in [2.24, 2.45) is 17.1 Å². The Bertz CT molecular complexity index is 176. The predicted molar refractivity (Wildman–Crippen MR) is 65.8 cm³/mol. The molecule has 1 heteroatoms. The van der Waals surface area contributed by atoms with Gasteiger partial charge in [-0.2, -0.15) is 0 Å². The fourth-order valence-electron chi connectivity index (χ4n) is 3.67. The van der Waals surface area contributed by atoms with E-state index in [1.807, 2.05) is 0 Å². The number of rotatable bonds is 4. The fraction of sp³-hybridized carbons (Fsp3) is 1.00. The van der Waals surface area contributed by atoms with Gasteiger partial charge in [-0.3, -0.25) is 0 Å². The first kappa shape index (κ1) is 11.4. The molecular weight excluding hydrogens is 182 g/mol. The van der Waals surface area contributed by atoms with Crippen LogP contribution in [0.3, 0.4) is 0 Å². The summed E-state index contributed by atoms with van der Waals surface area (Å²) in [6.07, 6.45) is 16.0. The molecule has 88 valence electrons. The van der Waals surface area contributed by atoms with Gasteiger partial charge >= 0.3 is 0 Å². The van der Waals surface area contributed by atoms with E-state index in [0.717, 1.165) is 12.5 Å². The Morgan fingerprint density at radius 3 is 2.20 bits per heavy atom. The normalized spacial score (nSPS) is 27.0. The van der Waals surface area contributed by atoms with Crippen LogP contribution in [0.15, 0.2) is 0 Å². The second-order valence-electron chi connectivity index (χ2n) is 5.95. The van der Waals surface area contributed by atoms with Crippen molar-refractivity contribution in [3.8, 4) is 0 Å². The molecule has 0 unspecified atom stereocenters. The summed E-state index contributed by atoms with van der Waals surface area (Å²) >= 11 is 0. The summed E-state index contributed by atoms with van der Waals surface area (Å²) in [5.74, 6) is 1.05. The van der Waals surface area contributed by atoms with Gasteiger partial charge in [0, 0.05) is 0 Å². The van der Waals surface area contributed by atoms with E-state index in [-0.39, 0.29) is 0 Å². The molecule has 15 heavy (non-hydrogen) atoms. The fourth-order valence-corrected chi connectivity index (χ4v) is 3.67. The highest BCUT2D eigenvalue weighted by molar-refractivity contribution is 4.85. The Labute approximate surface area is 94.8 Å². The molecule has 2 rings (SSSR count). The van der Waals surface area contributed by atoms with Crippen molar-refractivity contribution in [2.45, 2.75) is 70.6 Å². The SMILES string of the molecule is NCC1(CCC2CCCC2)CCCCC1. The second-order valence-corrected chi connectivity index (χ2v) is 5.95. The average Bonchev–Trinajstić information content (AvgIpc) is 2.81. The van der Waals surface area contributed by atoms with Crippen LogP contribution in [0.5, 0.6) is 0 Å². The van der Waals surface area contributed by atoms with Gasteiger partial charge in [0.2, 0.25) is 0 Å². The Hall–Kier alpha value is -0.0400. The van der Waals surface area contributed by atoms with Gasteiger partial charge in [0.15, 0.2) is 0 Å². The molecule has 0 aromatic heterocycles. The van der Waals surface area contributed by atoms with E-state index in [1.165, 1.54) is 70.6 Å². The lowest BCUT2D eigenvalue weighted by atomic mass is 9.70. The van der Waals surface area contributed by atoms with Crippen LogP contribution in [0.4, 0.5) is 0 Å². The third-order valence-corrected chi connectivity index (χ3v) is 4.90. The third kappa shape index (κ3) is 2.96. The summed E-state index contributed by atoms with van der Waals surface area (Å²) in [6.45, 7) is 0.944. The zero-order valence-corrected chi connectivity index (χ0v) is 10.1. The molecule has 2 aliphatic carbocycles. The number of nitrogens with two attached hydrogens (primary N) is 1. The summed E-state index contributed by atoms with van der Waals surface area (Å²) in [4.78, 5) is 0. The van der Waals surface area contributed by atoms with Gasteiger partial charge in [0.1, 0.15) is 0 Å². The highest BCUT2D eigenvalue weighted by atomic mass is 14.6. The zero-order chi connectivity index (χ0) is 10.6. The van der Waals surface area contributed by atoms with Crippen molar-refractivity contribution in [3.63, 3.8) is 0 Å². The van der Waals surface area contributed by atoms with Crippen LogP contribution in [-0.4, -0.2) is 6.54 Å². The van der Waals surface area contributed by atoms with Crippen LogP contribution in [0, 0.1) is 11.3 Å². The van der Waals surface area contributed by atoms with E-state index in [2.05, 4.69) is 0 Å². The van der Waals surface area contributed by atoms with Crippen LogP contribution in [-0.2, 0) is 0 Å². The van der Waals surface area contributed by atoms with Crippen molar-refractivity contribution >= 4 is 0 Å². The lowest BCUT2D eigenvalue weighted by molar-refractivity contribution is 0.167. The summed E-state index contributed by atoms with van der Waals surface area (Å²) in [7, 11) is 0. The van der Waals surface area contributed by atoms with Crippen molar-refractivity contribution in [3.05, 3.63) is 0 Å². The third-order valence-electron chi connectivity index (χ3n) is 4.90. The lowest BCUT2D eigenvalue weighted by Gasteiger charge is -2.37. The Morgan fingerprint density at radius 1 is 0.933 bits per heavy atom. The second kappa shape index (κ2) is 5.34. The molecular formula is C14H27N. The summed E-state index contributed by atoms with van der Waals surface area (Å²) < 4.78 is 0. The lowest BCUT2D eigenvalue weighted by Crippen LogP contribution is -2.33. The van der Waals surface area contributed by atoms with E-state index < -0.39 is 0 Å². The van der Waals surface area contributed by atoms with Crippen molar-refractivity contribution in [1.82, 2.24) is 0 Å². The summed E-state index contributed by atoms with van der Waals surface area (Å²) in [6, 6.07) is 0. The molecule has 0 saturated heterocycles. The highest BCUT2D eigenvalue weighted by Crippen LogP contribution is 2.41. The van der Waals surface area contributed by atoms with Crippen molar-refractivity contribution < 1.29 is 0 Å². The number of hydrogen-bond acceptors (Lipinski definition) is 1. The molecule has 2 fully saturated rings. The monoisotopic (exact) mass is 209 g/mol. The maximum absolute atomic E-state index is 6.02. The van der Waals surface area contributed by atoms with Crippen LogP contribution in [0.25, 0.3) is 0 Å². The molecule has 0 radical (unpaired) electrons. The molecule has 0 aliphatic heterocycles. The minimum Gasteiger partial charge on any atom is -0.330 e. The van der Waals surface area contributed by atoms with Crippen LogP contribution < -0.4 is 5.73 Å². The Kier molecular flexibility index (Phi) is 4.07. The van der Waals surface area contributed by atoms with Gasteiger partial charge in [-0.05, 0) is 43.6 Å². The molecule has 0 atom stereocenters. The molecule has 2 aliphatic rings. The molecule has 0 spiro atoms. The zero-order valence-electron chi connectivity index (χ0n) is 10.1. The molecule has 0 aromatic rings. The van der Waals surface area contributed by atoms with Crippen LogP contribution in [0.2, 0.25) is 0 Å². The molecule has 1 nitrogen and oxygen atoms in total. The van der Waals surface area contributed by atoms with Gasteiger partial charge in [-0.1, -0.05) is 44.9 Å². The summed E-state index contributed by atoms with van der Waals surface area (Å²) in [5, 5.41) is 0.